The van der Waals surface area contributed by atoms with E-state index >= 15 is 0 Å². The van der Waals surface area contributed by atoms with Gasteiger partial charge in [0.25, 0.3) is 5.91 Å². The molecular formula is C21H24N4O2. The number of urea groups is 1. The third-order valence-corrected chi connectivity index (χ3v) is 5.40. The van der Waals surface area contributed by atoms with Crippen molar-refractivity contribution in [2.24, 2.45) is 5.92 Å². The third kappa shape index (κ3) is 3.28. The number of nitrogens with zero attached hydrogens (tertiary/aromatic N) is 2. The van der Waals surface area contributed by atoms with Crippen LogP contribution < -0.4 is 15.5 Å². The molecule has 6 heteroatoms. The van der Waals surface area contributed by atoms with Crippen LogP contribution >= 0.6 is 0 Å². The van der Waals surface area contributed by atoms with Gasteiger partial charge in [0.05, 0.1) is 22.6 Å². The zero-order valence-corrected chi connectivity index (χ0v) is 15.6. The van der Waals surface area contributed by atoms with E-state index < -0.39 is 0 Å². The van der Waals surface area contributed by atoms with Crippen molar-refractivity contribution in [3.05, 3.63) is 54.1 Å². The highest BCUT2D eigenvalue weighted by atomic mass is 16.2. The van der Waals surface area contributed by atoms with Crippen LogP contribution in [0, 0.1) is 5.92 Å². The largest absolute Gasteiger partial charge is 0.334 e. The monoisotopic (exact) mass is 364 g/mol. The molecule has 0 aromatic heterocycles. The molecule has 0 spiro atoms. The van der Waals surface area contributed by atoms with Crippen molar-refractivity contribution < 1.29 is 9.59 Å². The van der Waals surface area contributed by atoms with Crippen molar-refractivity contribution in [3.63, 3.8) is 0 Å². The van der Waals surface area contributed by atoms with Crippen molar-refractivity contribution in [1.29, 1.82) is 0 Å². The molecule has 2 atom stereocenters. The molecule has 6 nitrogen and oxygen atoms in total. The Hall–Kier alpha value is -2.86. The quantitative estimate of drug-likeness (QED) is 0.815. The lowest BCUT2D eigenvalue weighted by molar-refractivity contribution is 0.102. The predicted molar refractivity (Wildman–Crippen MR) is 107 cm³/mol. The van der Waals surface area contributed by atoms with Crippen LogP contribution in [-0.4, -0.2) is 43.0 Å². The summed E-state index contributed by atoms with van der Waals surface area (Å²) in [5.74, 6) is 0.158. The number of piperidine rings is 1. The van der Waals surface area contributed by atoms with Crippen molar-refractivity contribution >= 4 is 29.0 Å². The molecule has 3 amide bonds. The normalized spacial score (nSPS) is 22.3. The van der Waals surface area contributed by atoms with Crippen LogP contribution in [0.2, 0.25) is 0 Å². The second kappa shape index (κ2) is 7.04. The molecule has 2 N–H and O–H groups in total. The van der Waals surface area contributed by atoms with E-state index in [9.17, 15) is 9.59 Å². The van der Waals surface area contributed by atoms with Gasteiger partial charge in [-0.25, -0.2) is 4.79 Å². The zero-order chi connectivity index (χ0) is 19.0. The summed E-state index contributed by atoms with van der Waals surface area (Å²) in [5.41, 5.74) is 2.39. The van der Waals surface area contributed by atoms with E-state index in [4.69, 9.17) is 0 Å². The first-order valence-electron chi connectivity index (χ1n) is 9.33. The van der Waals surface area contributed by atoms with Crippen LogP contribution in [0.15, 0.2) is 48.5 Å². The van der Waals surface area contributed by atoms with Crippen molar-refractivity contribution in [2.45, 2.75) is 19.4 Å². The lowest BCUT2D eigenvalue weighted by Crippen LogP contribution is -2.51. The van der Waals surface area contributed by atoms with Crippen LogP contribution in [0.4, 0.5) is 21.9 Å². The second-order valence-corrected chi connectivity index (χ2v) is 7.41. The van der Waals surface area contributed by atoms with Gasteiger partial charge in [0.2, 0.25) is 0 Å². The van der Waals surface area contributed by atoms with Crippen LogP contribution in [-0.2, 0) is 0 Å². The van der Waals surface area contributed by atoms with Crippen LogP contribution in [0.5, 0.6) is 0 Å². The summed E-state index contributed by atoms with van der Waals surface area (Å²) in [7, 11) is 2.10. The first-order valence-corrected chi connectivity index (χ1v) is 9.33. The van der Waals surface area contributed by atoms with E-state index in [2.05, 4.69) is 29.5 Å². The molecule has 4 rings (SSSR count). The molecule has 2 heterocycles. The minimum Gasteiger partial charge on any atom is -0.334 e. The standard InChI is InChI=1S/C21H24N4O2/c1-14-13-24(2)12-11-16(14)23-21(27)25-18-9-5-3-7-15(18)20(26)22-17-8-4-6-10-19(17)25/h3-10,14,16H,11-13H2,1-2H3,(H,22,26)(H,23,27)/t14-,16+/m0/s1. The number of carbonyl (C=O) groups excluding carboxylic acids is 2. The maximum atomic E-state index is 13.3. The molecule has 0 bridgehead atoms. The van der Waals surface area contributed by atoms with Gasteiger partial charge in [-0.3, -0.25) is 9.69 Å². The van der Waals surface area contributed by atoms with E-state index in [0.717, 1.165) is 19.5 Å². The maximum Gasteiger partial charge on any atom is 0.326 e. The Labute approximate surface area is 159 Å². The average molecular weight is 364 g/mol. The number of hydrogen-bond donors (Lipinski definition) is 2. The topological polar surface area (TPSA) is 64.7 Å². The number of amides is 3. The Morgan fingerprint density at radius 3 is 2.59 bits per heavy atom. The number of nitrogens with one attached hydrogen (secondary N) is 2. The third-order valence-electron chi connectivity index (χ3n) is 5.40. The lowest BCUT2D eigenvalue weighted by Gasteiger charge is -2.36. The number of benzene rings is 2. The number of fused-ring (bicyclic) bond motifs is 2. The van der Waals surface area contributed by atoms with Gasteiger partial charge in [0, 0.05) is 12.6 Å². The number of anilines is 3. The molecule has 2 aliphatic heterocycles. The summed E-state index contributed by atoms with van der Waals surface area (Å²) in [5, 5.41) is 6.12. The molecular weight excluding hydrogens is 340 g/mol. The molecule has 0 saturated carbocycles. The molecule has 0 radical (unpaired) electrons. The fourth-order valence-corrected chi connectivity index (χ4v) is 3.96. The fourth-order valence-electron chi connectivity index (χ4n) is 3.96. The number of hydrogen-bond acceptors (Lipinski definition) is 3. The minimum absolute atomic E-state index is 0.111. The van der Waals surface area contributed by atoms with Gasteiger partial charge < -0.3 is 15.5 Å². The summed E-state index contributed by atoms with van der Waals surface area (Å²) in [6.45, 7) is 4.08. The van der Waals surface area contributed by atoms with Crippen molar-refractivity contribution in [2.75, 3.05) is 30.4 Å². The molecule has 2 aromatic carbocycles. The van der Waals surface area contributed by atoms with Crippen molar-refractivity contribution in [1.82, 2.24) is 10.2 Å². The first-order chi connectivity index (χ1) is 13.0. The molecule has 0 aliphatic carbocycles. The molecule has 140 valence electrons. The van der Waals surface area contributed by atoms with Gasteiger partial charge in [-0.15, -0.1) is 0 Å². The zero-order valence-electron chi connectivity index (χ0n) is 15.6. The number of carbonyl (C=O) groups is 2. The average Bonchev–Trinajstić information content (AvgIpc) is 2.78. The van der Waals surface area contributed by atoms with Gasteiger partial charge in [-0.1, -0.05) is 31.2 Å². The minimum atomic E-state index is -0.207. The van der Waals surface area contributed by atoms with Gasteiger partial charge in [-0.2, -0.15) is 0 Å². The van der Waals surface area contributed by atoms with Crippen molar-refractivity contribution in [3.8, 4) is 0 Å². The number of likely N-dealkylation sites (tertiary alicyclic amines) is 1. The van der Waals surface area contributed by atoms with Gasteiger partial charge in [0.15, 0.2) is 0 Å². The van der Waals surface area contributed by atoms with Gasteiger partial charge in [0.1, 0.15) is 0 Å². The van der Waals surface area contributed by atoms with E-state index in [-0.39, 0.29) is 18.0 Å². The number of para-hydroxylation sites is 3. The van der Waals surface area contributed by atoms with E-state index in [1.807, 2.05) is 42.5 Å². The predicted octanol–water partition coefficient (Wildman–Crippen LogP) is 3.44. The highest BCUT2D eigenvalue weighted by Gasteiger charge is 2.32. The lowest BCUT2D eigenvalue weighted by atomic mass is 9.94. The first kappa shape index (κ1) is 17.5. The Morgan fingerprint density at radius 1 is 1.11 bits per heavy atom. The van der Waals surface area contributed by atoms with E-state index in [1.54, 1.807) is 11.0 Å². The van der Waals surface area contributed by atoms with Crippen LogP contribution in [0.3, 0.4) is 0 Å². The summed E-state index contributed by atoms with van der Waals surface area (Å²) in [6, 6.07) is 14.5. The Kier molecular flexibility index (Phi) is 4.58. The SMILES string of the molecule is C[C@H]1CN(C)CC[C@H]1NC(=O)N1c2ccccc2NC(=O)c2ccccc21. The smallest absolute Gasteiger partial charge is 0.326 e. The Bertz CT molecular complexity index is 882. The molecule has 2 aromatic rings. The molecule has 27 heavy (non-hydrogen) atoms. The maximum absolute atomic E-state index is 13.3. The molecule has 1 saturated heterocycles. The van der Waals surface area contributed by atoms with Crippen LogP contribution in [0.1, 0.15) is 23.7 Å². The highest BCUT2D eigenvalue weighted by Crippen LogP contribution is 2.37. The highest BCUT2D eigenvalue weighted by molar-refractivity contribution is 6.17. The summed E-state index contributed by atoms with van der Waals surface area (Å²) < 4.78 is 0. The van der Waals surface area contributed by atoms with E-state index in [0.29, 0.717) is 28.5 Å². The molecule has 1 fully saturated rings. The Balaban J connectivity index is 1.71. The fraction of sp³-hybridized carbons (Fsp3) is 0.333. The molecule has 2 aliphatic rings. The van der Waals surface area contributed by atoms with Gasteiger partial charge in [-0.05, 0) is 50.2 Å². The van der Waals surface area contributed by atoms with Gasteiger partial charge >= 0.3 is 6.03 Å². The molecule has 0 unspecified atom stereocenters. The summed E-state index contributed by atoms with van der Waals surface area (Å²) in [6.07, 6.45) is 0.914. The van der Waals surface area contributed by atoms with E-state index in [1.165, 1.54) is 0 Å². The second-order valence-electron chi connectivity index (χ2n) is 7.41. The Morgan fingerprint density at radius 2 is 1.81 bits per heavy atom. The number of rotatable bonds is 1. The summed E-state index contributed by atoms with van der Waals surface area (Å²) >= 11 is 0. The summed E-state index contributed by atoms with van der Waals surface area (Å²) in [4.78, 5) is 29.9. The van der Waals surface area contributed by atoms with Crippen LogP contribution in [0.25, 0.3) is 0 Å².